The highest BCUT2D eigenvalue weighted by Gasteiger charge is 2.29. The number of hydrogen-bond acceptors (Lipinski definition) is 7. The molecule has 1 amide bonds. The van der Waals surface area contributed by atoms with Gasteiger partial charge in [0.05, 0.1) is 16.8 Å². The van der Waals surface area contributed by atoms with Crippen molar-refractivity contribution in [1.29, 1.82) is 0 Å². The molecule has 3 aromatic rings. The van der Waals surface area contributed by atoms with Crippen molar-refractivity contribution in [3.63, 3.8) is 0 Å². The zero-order valence-corrected chi connectivity index (χ0v) is 21.9. The van der Waals surface area contributed by atoms with Crippen LogP contribution in [0.4, 0.5) is 5.13 Å². The number of hydrogen-bond donors (Lipinski definition) is 1. The first-order valence-corrected chi connectivity index (χ1v) is 14.9. The molecule has 1 saturated carbocycles. The summed E-state index contributed by atoms with van der Waals surface area (Å²) in [6.45, 7) is 1.67. The predicted molar refractivity (Wildman–Crippen MR) is 137 cm³/mol. The molecule has 3 heterocycles. The lowest BCUT2D eigenvalue weighted by molar-refractivity contribution is -0.120. The molecule has 0 aromatic carbocycles. The number of rotatable bonds is 8. The summed E-state index contributed by atoms with van der Waals surface area (Å²) in [5.41, 5.74) is -0.0664. The van der Waals surface area contributed by atoms with Gasteiger partial charge in [-0.15, -0.1) is 11.3 Å². The largest absolute Gasteiger partial charge is 0.300 e. The van der Waals surface area contributed by atoms with Crippen LogP contribution in [0.5, 0.6) is 0 Å². The molecule has 11 heteroatoms. The Labute approximate surface area is 211 Å². The lowest BCUT2D eigenvalue weighted by Gasteiger charge is -2.28. The Morgan fingerprint density at radius 2 is 2.06 bits per heavy atom. The Balaban J connectivity index is 1.66. The summed E-state index contributed by atoms with van der Waals surface area (Å²) in [6, 6.07) is 5.41. The zero-order chi connectivity index (χ0) is 24.3. The molecule has 0 aliphatic heterocycles. The van der Waals surface area contributed by atoms with Crippen LogP contribution in [0.2, 0.25) is 4.34 Å². The van der Waals surface area contributed by atoms with Crippen molar-refractivity contribution in [2.24, 2.45) is 5.92 Å². The molecule has 7 nitrogen and oxygen atoms in total. The Morgan fingerprint density at radius 1 is 1.29 bits per heavy atom. The Hall–Kier alpha value is -2.01. The topological polar surface area (TPSA) is 98.1 Å². The summed E-state index contributed by atoms with van der Waals surface area (Å²) in [5, 5.41) is 4.97. The molecule has 0 bridgehead atoms. The van der Waals surface area contributed by atoms with Gasteiger partial charge in [0.25, 0.3) is 5.56 Å². The number of nitrogens with zero attached hydrogens (tertiary/aromatic N) is 2. The molecule has 1 fully saturated rings. The average molecular weight is 540 g/mol. The standard InChI is InChI=1S/C23H26ClN3O4S3/c1-15-10-18(34(30,31)14-17-8-5-9-32-17)12-21(28)27(15)19(11-16-6-3-2-4-7-16)22(29)26-23-25-13-20(24)33-23/h5,8-10,12-13,16,19H,2-4,6-7,11,14H2,1H3,(H,25,26,29)/t19-/m1/s1. The maximum absolute atomic E-state index is 13.3. The van der Waals surface area contributed by atoms with Gasteiger partial charge in [0.15, 0.2) is 15.0 Å². The molecular formula is C23H26ClN3O4S3. The van der Waals surface area contributed by atoms with E-state index in [2.05, 4.69) is 10.3 Å². The molecule has 0 saturated heterocycles. The van der Waals surface area contributed by atoms with E-state index in [9.17, 15) is 18.0 Å². The number of anilines is 1. The lowest BCUT2D eigenvalue weighted by Crippen LogP contribution is -2.36. The minimum absolute atomic E-state index is 0.0248. The Bertz CT molecular complexity index is 1310. The van der Waals surface area contributed by atoms with Crippen LogP contribution in [-0.2, 0) is 20.4 Å². The van der Waals surface area contributed by atoms with Gasteiger partial charge in [0, 0.05) is 16.6 Å². The first kappa shape index (κ1) is 25.1. The van der Waals surface area contributed by atoms with E-state index in [0.717, 1.165) is 43.1 Å². The minimum Gasteiger partial charge on any atom is -0.300 e. The second-order valence-corrected chi connectivity index (χ2v) is 13.3. The molecule has 0 unspecified atom stereocenters. The van der Waals surface area contributed by atoms with Crippen molar-refractivity contribution in [1.82, 2.24) is 9.55 Å². The van der Waals surface area contributed by atoms with Crippen molar-refractivity contribution < 1.29 is 13.2 Å². The smallest absolute Gasteiger partial charge is 0.252 e. The van der Waals surface area contributed by atoms with Gasteiger partial charge in [-0.05, 0) is 36.8 Å². The number of aromatic nitrogens is 2. The fourth-order valence-electron chi connectivity index (χ4n) is 4.50. The van der Waals surface area contributed by atoms with Gasteiger partial charge in [-0.1, -0.05) is 61.1 Å². The van der Waals surface area contributed by atoms with E-state index in [0.29, 0.717) is 32.4 Å². The molecule has 1 aliphatic rings. The van der Waals surface area contributed by atoms with Crippen molar-refractivity contribution >= 4 is 55.2 Å². The van der Waals surface area contributed by atoms with Crippen LogP contribution in [0.1, 0.15) is 55.1 Å². The number of pyridine rings is 1. The third kappa shape index (κ3) is 5.97. The highest BCUT2D eigenvalue weighted by atomic mass is 35.5. The third-order valence-electron chi connectivity index (χ3n) is 6.11. The SMILES string of the molecule is Cc1cc(S(=O)(=O)Cc2cccs2)cc(=O)n1[C@H](CC1CCCCC1)C(=O)Nc1ncc(Cl)s1. The van der Waals surface area contributed by atoms with Gasteiger partial charge < -0.3 is 9.88 Å². The van der Waals surface area contributed by atoms with Crippen LogP contribution in [0.3, 0.4) is 0 Å². The van der Waals surface area contributed by atoms with E-state index in [-0.39, 0.29) is 16.6 Å². The fourth-order valence-corrected chi connectivity index (χ4v) is 7.81. The zero-order valence-electron chi connectivity index (χ0n) is 18.7. The van der Waals surface area contributed by atoms with Gasteiger partial charge >= 0.3 is 0 Å². The molecule has 3 aromatic heterocycles. The average Bonchev–Trinajstić information content (AvgIpc) is 3.44. The van der Waals surface area contributed by atoms with Gasteiger partial charge in [-0.3, -0.25) is 9.59 Å². The molecule has 34 heavy (non-hydrogen) atoms. The number of amides is 1. The van der Waals surface area contributed by atoms with Crippen LogP contribution in [-0.4, -0.2) is 23.9 Å². The first-order valence-electron chi connectivity index (χ1n) is 11.1. The molecule has 0 spiro atoms. The molecule has 1 aliphatic carbocycles. The van der Waals surface area contributed by atoms with Gasteiger partial charge in [0.1, 0.15) is 10.4 Å². The van der Waals surface area contributed by atoms with Crippen molar-refractivity contribution in [3.8, 4) is 0 Å². The monoisotopic (exact) mass is 539 g/mol. The van der Waals surface area contributed by atoms with E-state index in [1.165, 1.54) is 34.6 Å². The summed E-state index contributed by atoms with van der Waals surface area (Å²) in [5.74, 6) is -0.196. The maximum Gasteiger partial charge on any atom is 0.252 e. The summed E-state index contributed by atoms with van der Waals surface area (Å²) in [4.78, 5) is 31.3. The van der Waals surface area contributed by atoms with E-state index >= 15 is 0 Å². The van der Waals surface area contributed by atoms with Crippen LogP contribution < -0.4 is 10.9 Å². The minimum atomic E-state index is -3.69. The molecular weight excluding hydrogens is 514 g/mol. The van der Waals surface area contributed by atoms with Crippen LogP contribution in [0, 0.1) is 12.8 Å². The number of sulfone groups is 1. The van der Waals surface area contributed by atoms with Crippen LogP contribution >= 0.6 is 34.3 Å². The fraction of sp³-hybridized carbons (Fsp3) is 0.435. The van der Waals surface area contributed by atoms with Gasteiger partial charge in [-0.2, -0.15) is 0 Å². The summed E-state index contributed by atoms with van der Waals surface area (Å²) in [6.07, 6.45) is 7.38. The maximum atomic E-state index is 13.3. The van der Waals surface area contributed by atoms with Crippen LogP contribution in [0.15, 0.2) is 45.5 Å². The molecule has 4 rings (SSSR count). The molecule has 0 radical (unpaired) electrons. The van der Waals surface area contributed by atoms with E-state index in [4.69, 9.17) is 11.6 Å². The number of thiophene rings is 1. The molecule has 1 atom stereocenters. The lowest BCUT2D eigenvalue weighted by atomic mass is 9.84. The summed E-state index contributed by atoms with van der Waals surface area (Å²) in [7, 11) is -3.69. The van der Waals surface area contributed by atoms with E-state index in [1.54, 1.807) is 19.1 Å². The predicted octanol–water partition coefficient (Wildman–Crippen LogP) is 5.45. The second kappa shape index (κ2) is 10.7. The Morgan fingerprint density at radius 3 is 2.68 bits per heavy atom. The number of carbonyl (C=O) groups excluding carboxylic acids is 1. The van der Waals surface area contributed by atoms with E-state index in [1.807, 2.05) is 5.38 Å². The number of carbonyl (C=O) groups is 1. The molecule has 182 valence electrons. The number of nitrogens with one attached hydrogen (secondary N) is 1. The second-order valence-electron chi connectivity index (χ2n) is 8.59. The van der Waals surface area contributed by atoms with Gasteiger partial charge in [0.2, 0.25) is 5.91 Å². The number of aryl methyl sites for hydroxylation is 1. The first-order chi connectivity index (χ1) is 16.2. The quantitative estimate of drug-likeness (QED) is 0.410. The number of halogens is 1. The number of thiazole rings is 1. The van der Waals surface area contributed by atoms with Crippen molar-refractivity contribution in [3.05, 3.63) is 61.1 Å². The summed E-state index contributed by atoms with van der Waals surface area (Å²) >= 11 is 8.45. The van der Waals surface area contributed by atoms with Crippen LogP contribution in [0.25, 0.3) is 0 Å². The molecule has 1 N–H and O–H groups in total. The van der Waals surface area contributed by atoms with Crippen molar-refractivity contribution in [2.75, 3.05) is 5.32 Å². The van der Waals surface area contributed by atoms with Crippen molar-refractivity contribution in [2.45, 2.75) is 62.1 Å². The normalized spacial score (nSPS) is 15.8. The van der Waals surface area contributed by atoms with E-state index < -0.39 is 21.4 Å². The highest BCUT2D eigenvalue weighted by molar-refractivity contribution is 7.90. The highest BCUT2D eigenvalue weighted by Crippen LogP contribution is 2.32. The van der Waals surface area contributed by atoms with Gasteiger partial charge in [-0.25, -0.2) is 13.4 Å². The Kier molecular flexibility index (Phi) is 7.91. The third-order valence-corrected chi connectivity index (χ3v) is 9.84. The summed E-state index contributed by atoms with van der Waals surface area (Å²) < 4.78 is 27.8.